The SMILES string of the molecule is CC(=O)OCC(C)OCC(C)OCC(C)OC(C)(C)C. The Labute approximate surface area is 122 Å². The minimum atomic E-state index is -0.294. The second-order valence-electron chi connectivity index (χ2n) is 6.13. The van der Waals surface area contributed by atoms with Gasteiger partial charge < -0.3 is 18.9 Å². The smallest absolute Gasteiger partial charge is 0.302 e. The van der Waals surface area contributed by atoms with Gasteiger partial charge in [0.1, 0.15) is 6.61 Å². The zero-order chi connectivity index (χ0) is 15.8. The molecule has 0 saturated heterocycles. The van der Waals surface area contributed by atoms with E-state index in [0.29, 0.717) is 13.2 Å². The van der Waals surface area contributed by atoms with Crippen molar-refractivity contribution in [2.75, 3.05) is 19.8 Å². The molecule has 0 fully saturated rings. The lowest BCUT2D eigenvalue weighted by Gasteiger charge is -2.26. The van der Waals surface area contributed by atoms with E-state index in [1.807, 2.05) is 41.5 Å². The second-order valence-corrected chi connectivity index (χ2v) is 6.13. The Morgan fingerprint density at radius 3 is 1.80 bits per heavy atom. The van der Waals surface area contributed by atoms with Gasteiger partial charge in [-0.05, 0) is 41.5 Å². The lowest BCUT2D eigenvalue weighted by atomic mass is 10.2. The minimum Gasteiger partial charge on any atom is -0.463 e. The first-order valence-corrected chi connectivity index (χ1v) is 7.14. The summed E-state index contributed by atoms with van der Waals surface area (Å²) >= 11 is 0. The average molecular weight is 290 g/mol. The zero-order valence-electron chi connectivity index (χ0n) is 13.9. The van der Waals surface area contributed by atoms with Crippen LogP contribution in [0.2, 0.25) is 0 Å². The van der Waals surface area contributed by atoms with Crippen molar-refractivity contribution in [1.29, 1.82) is 0 Å². The Bertz CT molecular complexity index is 272. The lowest BCUT2D eigenvalue weighted by molar-refractivity contribution is -0.146. The third-order valence-corrected chi connectivity index (χ3v) is 2.31. The summed E-state index contributed by atoms with van der Waals surface area (Å²) in [7, 11) is 0. The first-order chi connectivity index (χ1) is 9.10. The molecule has 20 heavy (non-hydrogen) atoms. The molecular formula is C15H30O5. The number of esters is 1. The van der Waals surface area contributed by atoms with E-state index < -0.39 is 0 Å². The number of ether oxygens (including phenoxy) is 4. The summed E-state index contributed by atoms with van der Waals surface area (Å²) in [5.74, 6) is -0.294. The highest BCUT2D eigenvalue weighted by molar-refractivity contribution is 5.65. The molecule has 0 aromatic heterocycles. The summed E-state index contributed by atoms with van der Waals surface area (Å²) in [4.78, 5) is 10.7. The molecule has 5 nitrogen and oxygen atoms in total. The van der Waals surface area contributed by atoms with E-state index in [0.717, 1.165) is 0 Å². The lowest BCUT2D eigenvalue weighted by Crippen LogP contribution is -2.31. The predicted molar refractivity (Wildman–Crippen MR) is 77.8 cm³/mol. The molecule has 0 amide bonds. The largest absolute Gasteiger partial charge is 0.463 e. The van der Waals surface area contributed by atoms with Crippen molar-refractivity contribution < 1.29 is 23.7 Å². The van der Waals surface area contributed by atoms with Gasteiger partial charge >= 0.3 is 5.97 Å². The summed E-state index contributed by atoms with van der Waals surface area (Å²) in [6.07, 6.45) is -0.120. The van der Waals surface area contributed by atoms with Crippen LogP contribution in [0.4, 0.5) is 0 Å². The summed E-state index contributed by atoms with van der Waals surface area (Å²) < 4.78 is 21.8. The molecule has 0 rings (SSSR count). The van der Waals surface area contributed by atoms with Crippen LogP contribution in [0.15, 0.2) is 0 Å². The van der Waals surface area contributed by atoms with Crippen molar-refractivity contribution in [3.8, 4) is 0 Å². The Balaban J connectivity index is 3.72. The standard InChI is InChI=1S/C15H30O5/c1-11(8-17-12(2)9-19-14(4)16)18-10-13(3)20-15(5,6)7/h11-13H,8-10H2,1-7H3. The highest BCUT2D eigenvalue weighted by Crippen LogP contribution is 2.11. The van der Waals surface area contributed by atoms with Crippen LogP contribution in [0.1, 0.15) is 48.5 Å². The topological polar surface area (TPSA) is 54.0 Å². The van der Waals surface area contributed by atoms with E-state index in [4.69, 9.17) is 18.9 Å². The number of carbonyl (C=O) groups is 1. The maximum Gasteiger partial charge on any atom is 0.302 e. The fraction of sp³-hybridized carbons (Fsp3) is 0.933. The third-order valence-electron chi connectivity index (χ3n) is 2.31. The van der Waals surface area contributed by atoms with Gasteiger partial charge in [-0.15, -0.1) is 0 Å². The van der Waals surface area contributed by atoms with Crippen LogP contribution < -0.4 is 0 Å². The summed E-state index contributed by atoms with van der Waals surface area (Å²) in [6, 6.07) is 0. The van der Waals surface area contributed by atoms with Gasteiger partial charge in [0, 0.05) is 6.92 Å². The monoisotopic (exact) mass is 290 g/mol. The van der Waals surface area contributed by atoms with Crippen LogP contribution in [0, 0.1) is 0 Å². The van der Waals surface area contributed by atoms with Gasteiger partial charge in [-0.2, -0.15) is 0 Å². The van der Waals surface area contributed by atoms with E-state index >= 15 is 0 Å². The molecule has 0 aromatic rings. The van der Waals surface area contributed by atoms with Gasteiger partial charge in [-0.1, -0.05) is 0 Å². The Hall–Kier alpha value is -0.650. The van der Waals surface area contributed by atoms with Gasteiger partial charge in [0.25, 0.3) is 0 Å². The van der Waals surface area contributed by atoms with Crippen LogP contribution in [-0.4, -0.2) is 49.7 Å². The van der Waals surface area contributed by atoms with E-state index in [2.05, 4.69) is 0 Å². The number of hydrogen-bond donors (Lipinski definition) is 0. The molecule has 0 heterocycles. The third kappa shape index (κ3) is 12.4. The molecule has 0 aliphatic heterocycles. The van der Waals surface area contributed by atoms with Crippen molar-refractivity contribution in [1.82, 2.24) is 0 Å². The van der Waals surface area contributed by atoms with Gasteiger partial charge in [-0.25, -0.2) is 0 Å². The molecule has 0 bridgehead atoms. The molecule has 0 aliphatic carbocycles. The average Bonchev–Trinajstić information content (AvgIpc) is 2.29. The molecule has 3 atom stereocenters. The molecule has 3 unspecified atom stereocenters. The van der Waals surface area contributed by atoms with Gasteiger partial charge in [-0.3, -0.25) is 4.79 Å². The molecule has 0 aromatic carbocycles. The first-order valence-electron chi connectivity index (χ1n) is 7.14. The summed E-state index contributed by atoms with van der Waals surface area (Å²) in [6.45, 7) is 14.5. The highest BCUT2D eigenvalue weighted by Gasteiger charge is 2.16. The van der Waals surface area contributed by atoms with Gasteiger partial charge in [0.2, 0.25) is 0 Å². The molecule has 120 valence electrons. The summed E-state index contributed by atoms with van der Waals surface area (Å²) in [5, 5.41) is 0. The fourth-order valence-electron chi connectivity index (χ4n) is 1.57. The number of rotatable bonds is 9. The Morgan fingerprint density at radius 2 is 1.35 bits per heavy atom. The van der Waals surface area contributed by atoms with Crippen LogP contribution in [0.25, 0.3) is 0 Å². The predicted octanol–water partition coefficient (Wildman–Crippen LogP) is 2.56. The van der Waals surface area contributed by atoms with Gasteiger partial charge in [0.05, 0.1) is 37.1 Å². The molecule has 0 aliphatic rings. The van der Waals surface area contributed by atoms with E-state index in [-0.39, 0.29) is 36.5 Å². The van der Waals surface area contributed by atoms with Crippen molar-refractivity contribution in [2.45, 2.75) is 72.4 Å². The molecule has 0 N–H and O–H groups in total. The minimum absolute atomic E-state index is 0.0270. The molecule has 5 heteroatoms. The molecule has 0 spiro atoms. The molecular weight excluding hydrogens is 260 g/mol. The number of carbonyl (C=O) groups excluding carboxylic acids is 1. The van der Waals surface area contributed by atoms with Crippen LogP contribution in [-0.2, 0) is 23.7 Å². The van der Waals surface area contributed by atoms with Crippen LogP contribution in [0.3, 0.4) is 0 Å². The van der Waals surface area contributed by atoms with Crippen LogP contribution in [0.5, 0.6) is 0 Å². The van der Waals surface area contributed by atoms with E-state index in [1.54, 1.807) is 0 Å². The maximum absolute atomic E-state index is 10.7. The van der Waals surface area contributed by atoms with E-state index in [1.165, 1.54) is 6.92 Å². The van der Waals surface area contributed by atoms with Crippen molar-refractivity contribution in [3.05, 3.63) is 0 Å². The quantitative estimate of drug-likeness (QED) is 0.611. The summed E-state index contributed by atoms with van der Waals surface area (Å²) in [5.41, 5.74) is -0.166. The van der Waals surface area contributed by atoms with Crippen molar-refractivity contribution in [2.24, 2.45) is 0 Å². The highest BCUT2D eigenvalue weighted by atomic mass is 16.6. The Kier molecular flexibility index (Phi) is 9.01. The molecule has 0 radical (unpaired) electrons. The maximum atomic E-state index is 10.7. The fourth-order valence-corrected chi connectivity index (χ4v) is 1.57. The Morgan fingerprint density at radius 1 is 0.900 bits per heavy atom. The van der Waals surface area contributed by atoms with Crippen molar-refractivity contribution in [3.63, 3.8) is 0 Å². The first kappa shape index (κ1) is 19.4. The van der Waals surface area contributed by atoms with Gasteiger partial charge in [0.15, 0.2) is 0 Å². The zero-order valence-corrected chi connectivity index (χ0v) is 13.9. The second kappa shape index (κ2) is 9.32. The number of hydrogen-bond acceptors (Lipinski definition) is 5. The van der Waals surface area contributed by atoms with Crippen LogP contribution >= 0.6 is 0 Å². The van der Waals surface area contributed by atoms with E-state index in [9.17, 15) is 4.79 Å². The van der Waals surface area contributed by atoms with Crippen molar-refractivity contribution >= 4 is 5.97 Å². The normalized spacial score (nSPS) is 16.6. The molecule has 0 saturated carbocycles.